The number of rotatable bonds is 7. The average molecular weight is 536 g/mol. The second-order valence-corrected chi connectivity index (χ2v) is 9.86. The van der Waals surface area contributed by atoms with Gasteiger partial charge in [-0.05, 0) is 79.4 Å². The van der Waals surface area contributed by atoms with E-state index in [2.05, 4.69) is 6.92 Å². The highest BCUT2D eigenvalue weighted by molar-refractivity contribution is 6.10. The number of nitrogens with zero attached hydrogens (tertiary/aromatic N) is 1. The van der Waals surface area contributed by atoms with Crippen molar-refractivity contribution in [2.24, 2.45) is 0 Å². The van der Waals surface area contributed by atoms with Gasteiger partial charge < -0.3 is 9.15 Å². The Balaban J connectivity index is 1.70. The zero-order valence-electron chi connectivity index (χ0n) is 21.9. The number of fused-ring (bicyclic) bond motifs is 2. The summed E-state index contributed by atoms with van der Waals surface area (Å²) >= 11 is 0. The first-order valence-electron chi connectivity index (χ1n) is 12.9. The Bertz CT molecular complexity index is 1620. The number of ether oxygens (including phenoxy) is 1. The standard InChI is InChI=1S/C31H28F3NO4/c1-4-5-6-13-38-23-12-7-9-20(16-23)27-26-28(36)24-14-18(2)19(3)15-25(24)39-29(26)30(37)35(27)22-11-8-10-21(17-22)31(32,33)34/h7-12,14-17,27H,4-6,13H2,1-3H3. The van der Waals surface area contributed by atoms with Crippen molar-refractivity contribution in [3.05, 3.63) is 104 Å². The van der Waals surface area contributed by atoms with E-state index in [4.69, 9.17) is 9.15 Å². The quantitative estimate of drug-likeness (QED) is 0.227. The topological polar surface area (TPSA) is 59.8 Å². The van der Waals surface area contributed by atoms with Gasteiger partial charge in [-0.1, -0.05) is 38.0 Å². The molecule has 2 heterocycles. The molecule has 0 saturated carbocycles. The third kappa shape index (κ3) is 4.91. The monoisotopic (exact) mass is 535 g/mol. The van der Waals surface area contributed by atoms with Gasteiger partial charge in [-0.25, -0.2) is 0 Å². The number of anilines is 1. The number of alkyl halides is 3. The molecule has 0 saturated heterocycles. The minimum absolute atomic E-state index is 0.0105. The Labute approximate surface area is 223 Å². The van der Waals surface area contributed by atoms with Gasteiger partial charge in [-0.3, -0.25) is 14.5 Å². The number of carbonyl (C=O) groups is 1. The molecule has 1 amide bonds. The summed E-state index contributed by atoms with van der Waals surface area (Å²) in [5.74, 6) is -0.307. The molecule has 1 aliphatic heterocycles. The van der Waals surface area contributed by atoms with Crippen LogP contribution in [-0.4, -0.2) is 12.5 Å². The fourth-order valence-electron chi connectivity index (χ4n) is 4.96. The molecule has 4 aromatic rings. The summed E-state index contributed by atoms with van der Waals surface area (Å²) in [4.78, 5) is 28.9. The van der Waals surface area contributed by atoms with E-state index in [0.29, 0.717) is 23.3 Å². The molecule has 5 nitrogen and oxygen atoms in total. The second-order valence-electron chi connectivity index (χ2n) is 9.86. The van der Waals surface area contributed by atoms with Crippen LogP contribution in [-0.2, 0) is 6.18 Å². The van der Waals surface area contributed by atoms with Crippen molar-refractivity contribution in [2.45, 2.75) is 52.3 Å². The van der Waals surface area contributed by atoms with Crippen LogP contribution >= 0.6 is 0 Å². The van der Waals surface area contributed by atoms with Crippen LogP contribution in [0.5, 0.6) is 5.75 Å². The van der Waals surface area contributed by atoms with Crippen molar-refractivity contribution in [3.8, 4) is 5.75 Å². The lowest BCUT2D eigenvalue weighted by molar-refractivity contribution is -0.137. The summed E-state index contributed by atoms with van der Waals surface area (Å²) in [6.07, 6.45) is -1.68. The molecule has 39 heavy (non-hydrogen) atoms. The zero-order valence-corrected chi connectivity index (χ0v) is 21.9. The van der Waals surface area contributed by atoms with Crippen LogP contribution in [0.4, 0.5) is 18.9 Å². The maximum Gasteiger partial charge on any atom is 0.416 e. The fourth-order valence-corrected chi connectivity index (χ4v) is 4.96. The molecule has 1 aromatic heterocycles. The van der Waals surface area contributed by atoms with Gasteiger partial charge in [0.15, 0.2) is 5.43 Å². The van der Waals surface area contributed by atoms with Gasteiger partial charge in [-0.2, -0.15) is 13.2 Å². The lowest BCUT2D eigenvalue weighted by Crippen LogP contribution is -2.29. The summed E-state index contributed by atoms with van der Waals surface area (Å²) in [7, 11) is 0. The van der Waals surface area contributed by atoms with Gasteiger partial charge in [-0.15, -0.1) is 0 Å². The average Bonchev–Trinajstić information content (AvgIpc) is 3.20. The maximum atomic E-state index is 13.9. The highest BCUT2D eigenvalue weighted by atomic mass is 19.4. The van der Waals surface area contributed by atoms with Gasteiger partial charge in [0.25, 0.3) is 5.91 Å². The lowest BCUT2D eigenvalue weighted by atomic mass is 9.97. The van der Waals surface area contributed by atoms with Gasteiger partial charge in [0.1, 0.15) is 11.3 Å². The number of halogens is 3. The fraction of sp³-hybridized carbons (Fsp3) is 0.290. The Morgan fingerprint density at radius 2 is 1.69 bits per heavy atom. The molecule has 1 atom stereocenters. The summed E-state index contributed by atoms with van der Waals surface area (Å²) in [6.45, 7) is 6.34. The zero-order chi connectivity index (χ0) is 27.9. The molecule has 202 valence electrons. The summed E-state index contributed by atoms with van der Waals surface area (Å²) in [6, 6.07) is 13.9. The minimum atomic E-state index is -4.61. The molecule has 0 aliphatic carbocycles. The third-order valence-electron chi connectivity index (χ3n) is 7.13. The first kappa shape index (κ1) is 26.5. The van der Waals surface area contributed by atoms with E-state index in [-0.39, 0.29) is 22.6 Å². The Hall–Kier alpha value is -4.07. The van der Waals surface area contributed by atoms with Crippen molar-refractivity contribution in [1.29, 1.82) is 0 Å². The summed E-state index contributed by atoms with van der Waals surface area (Å²) in [5.41, 5.74) is 1.37. The SMILES string of the molecule is CCCCCOc1cccc(C2c3c(oc4cc(C)c(C)cc4c3=O)C(=O)N2c2cccc(C(F)(F)F)c2)c1. The third-order valence-corrected chi connectivity index (χ3v) is 7.13. The number of amides is 1. The Kier molecular flexibility index (Phi) is 6.97. The number of benzene rings is 3. The van der Waals surface area contributed by atoms with Crippen molar-refractivity contribution < 1.29 is 27.1 Å². The predicted octanol–water partition coefficient (Wildman–Crippen LogP) is 7.75. The number of carbonyl (C=O) groups excluding carboxylic acids is 1. The highest BCUT2D eigenvalue weighted by Gasteiger charge is 2.44. The number of aryl methyl sites for hydroxylation is 2. The molecular weight excluding hydrogens is 507 g/mol. The van der Waals surface area contributed by atoms with Crippen LogP contribution in [0.1, 0.15) is 70.6 Å². The van der Waals surface area contributed by atoms with E-state index in [1.54, 1.807) is 36.4 Å². The molecule has 1 unspecified atom stereocenters. The first-order chi connectivity index (χ1) is 18.6. The molecule has 0 N–H and O–H groups in total. The lowest BCUT2D eigenvalue weighted by Gasteiger charge is -2.26. The van der Waals surface area contributed by atoms with Gasteiger partial charge in [0.05, 0.1) is 29.2 Å². The van der Waals surface area contributed by atoms with Crippen LogP contribution in [0.3, 0.4) is 0 Å². The summed E-state index contributed by atoms with van der Waals surface area (Å²) in [5, 5.41) is 0.313. The van der Waals surface area contributed by atoms with E-state index in [1.165, 1.54) is 17.0 Å². The largest absolute Gasteiger partial charge is 0.494 e. The molecule has 0 bridgehead atoms. The van der Waals surface area contributed by atoms with E-state index in [9.17, 15) is 22.8 Å². The smallest absolute Gasteiger partial charge is 0.416 e. The number of unbranched alkanes of at least 4 members (excludes halogenated alkanes) is 2. The van der Waals surface area contributed by atoms with E-state index >= 15 is 0 Å². The first-order valence-corrected chi connectivity index (χ1v) is 12.9. The maximum absolute atomic E-state index is 13.9. The Morgan fingerprint density at radius 1 is 0.949 bits per heavy atom. The molecular formula is C31H28F3NO4. The normalized spacial score (nSPS) is 15.2. The predicted molar refractivity (Wildman–Crippen MR) is 144 cm³/mol. The van der Waals surface area contributed by atoms with Crippen LogP contribution in [0.2, 0.25) is 0 Å². The van der Waals surface area contributed by atoms with Gasteiger partial charge in [0.2, 0.25) is 5.76 Å². The molecule has 0 spiro atoms. The number of hydrogen-bond donors (Lipinski definition) is 0. The van der Waals surface area contributed by atoms with Crippen LogP contribution < -0.4 is 15.1 Å². The van der Waals surface area contributed by atoms with Crippen molar-refractivity contribution >= 4 is 22.6 Å². The summed E-state index contributed by atoms with van der Waals surface area (Å²) < 4.78 is 52.7. The minimum Gasteiger partial charge on any atom is -0.494 e. The van der Waals surface area contributed by atoms with E-state index in [0.717, 1.165) is 42.5 Å². The van der Waals surface area contributed by atoms with Gasteiger partial charge in [0, 0.05) is 5.69 Å². The van der Waals surface area contributed by atoms with Gasteiger partial charge >= 0.3 is 6.18 Å². The van der Waals surface area contributed by atoms with E-state index < -0.39 is 29.1 Å². The van der Waals surface area contributed by atoms with Crippen molar-refractivity contribution in [3.63, 3.8) is 0 Å². The molecule has 0 radical (unpaired) electrons. The second kappa shape index (κ2) is 10.2. The van der Waals surface area contributed by atoms with Crippen LogP contribution in [0.25, 0.3) is 11.0 Å². The molecule has 5 rings (SSSR count). The highest BCUT2D eigenvalue weighted by Crippen LogP contribution is 2.43. The van der Waals surface area contributed by atoms with E-state index in [1.807, 2.05) is 13.8 Å². The number of hydrogen-bond acceptors (Lipinski definition) is 4. The molecule has 8 heteroatoms. The molecule has 1 aliphatic rings. The molecule has 0 fully saturated rings. The molecule has 3 aromatic carbocycles. The Morgan fingerprint density at radius 3 is 2.44 bits per heavy atom. The van der Waals surface area contributed by atoms with Crippen LogP contribution in [0, 0.1) is 13.8 Å². The van der Waals surface area contributed by atoms with Crippen molar-refractivity contribution in [2.75, 3.05) is 11.5 Å². The van der Waals surface area contributed by atoms with Crippen LogP contribution in [0.15, 0.2) is 69.9 Å². The van der Waals surface area contributed by atoms with Crippen molar-refractivity contribution in [1.82, 2.24) is 0 Å².